The quantitative estimate of drug-likeness (QED) is 0.519. The van der Waals surface area contributed by atoms with Gasteiger partial charge in [-0.05, 0) is 12.1 Å². The van der Waals surface area contributed by atoms with Crippen LogP contribution in [-0.4, -0.2) is 51.4 Å². The van der Waals surface area contributed by atoms with Crippen molar-refractivity contribution in [1.82, 2.24) is 25.2 Å². The van der Waals surface area contributed by atoms with Crippen LogP contribution in [0.4, 0.5) is 0 Å². The lowest BCUT2D eigenvalue weighted by molar-refractivity contribution is 0.0928. The summed E-state index contributed by atoms with van der Waals surface area (Å²) in [6.07, 6.45) is 0.981. The zero-order valence-electron chi connectivity index (χ0n) is 13.2. The molecular formula is C16H18ClN5O3. The molecule has 2 unspecified atom stereocenters. The Morgan fingerprint density at radius 1 is 1.36 bits per heavy atom. The number of H-pyrrole nitrogens is 1. The van der Waals surface area contributed by atoms with Crippen molar-refractivity contribution < 1.29 is 9.90 Å². The number of benzene rings is 1. The van der Waals surface area contributed by atoms with Gasteiger partial charge in [0.2, 0.25) is 0 Å². The molecule has 2 atom stereocenters. The smallest absolute Gasteiger partial charge is 0.259 e. The lowest BCUT2D eigenvalue weighted by Gasteiger charge is -2.13. The van der Waals surface area contributed by atoms with Crippen molar-refractivity contribution in [3.05, 3.63) is 46.4 Å². The van der Waals surface area contributed by atoms with Crippen LogP contribution in [0.1, 0.15) is 10.4 Å². The molecule has 0 bridgehead atoms. The van der Waals surface area contributed by atoms with Crippen LogP contribution in [0.25, 0.3) is 16.6 Å². The van der Waals surface area contributed by atoms with Crippen LogP contribution < -0.4 is 16.2 Å². The molecule has 4 rings (SSSR count). The molecule has 1 amide bonds. The van der Waals surface area contributed by atoms with Crippen LogP contribution in [0.15, 0.2) is 35.3 Å². The van der Waals surface area contributed by atoms with Gasteiger partial charge in [0.15, 0.2) is 0 Å². The van der Waals surface area contributed by atoms with Gasteiger partial charge in [-0.25, -0.2) is 4.52 Å². The van der Waals surface area contributed by atoms with E-state index in [2.05, 4.69) is 20.7 Å². The highest BCUT2D eigenvalue weighted by atomic mass is 35.5. The van der Waals surface area contributed by atoms with Gasteiger partial charge in [0, 0.05) is 25.6 Å². The maximum absolute atomic E-state index is 12.4. The van der Waals surface area contributed by atoms with Crippen molar-refractivity contribution in [3.8, 4) is 0 Å². The number of nitrogens with zero attached hydrogens (tertiary/aromatic N) is 2. The fraction of sp³-hybridized carbons (Fsp3) is 0.312. The summed E-state index contributed by atoms with van der Waals surface area (Å²) < 4.78 is 1.55. The van der Waals surface area contributed by atoms with E-state index in [0.29, 0.717) is 41.7 Å². The highest BCUT2D eigenvalue weighted by Gasteiger charge is 2.25. The SMILES string of the molecule is Cl.O=C(NCC1CNCC1O)c1cnn2c1[nH]c(=O)c1ccccc12. The summed E-state index contributed by atoms with van der Waals surface area (Å²) in [5, 5.41) is 20.4. The first-order chi connectivity index (χ1) is 11.6. The van der Waals surface area contributed by atoms with E-state index in [1.807, 2.05) is 6.07 Å². The molecule has 0 saturated carbocycles. The lowest BCUT2D eigenvalue weighted by atomic mass is 10.1. The monoisotopic (exact) mass is 363 g/mol. The molecule has 1 aliphatic rings. The second kappa shape index (κ2) is 6.83. The van der Waals surface area contributed by atoms with Crippen LogP contribution in [-0.2, 0) is 0 Å². The Labute approximate surface area is 148 Å². The van der Waals surface area contributed by atoms with E-state index in [4.69, 9.17) is 0 Å². The first-order valence-electron chi connectivity index (χ1n) is 7.81. The number of rotatable bonds is 3. The lowest BCUT2D eigenvalue weighted by Crippen LogP contribution is -2.34. The van der Waals surface area contributed by atoms with E-state index in [9.17, 15) is 14.7 Å². The Morgan fingerprint density at radius 3 is 2.92 bits per heavy atom. The summed E-state index contributed by atoms with van der Waals surface area (Å²) in [7, 11) is 0. The second-order valence-corrected chi connectivity index (χ2v) is 5.99. The van der Waals surface area contributed by atoms with Gasteiger partial charge in [0.1, 0.15) is 11.2 Å². The molecule has 9 heteroatoms. The Balaban J connectivity index is 0.00000182. The third kappa shape index (κ3) is 2.99. The molecule has 3 aromatic rings. The van der Waals surface area contributed by atoms with E-state index in [0.717, 1.165) is 0 Å². The maximum atomic E-state index is 12.4. The number of β-amino-alcohol motifs (C(OH)–C–C–N with tert-alkyl or cyclic N) is 1. The molecule has 2 aromatic heterocycles. The van der Waals surface area contributed by atoms with E-state index >= 15 is 0 Å². The number of hydrogen-bond acceptors (Lipinski definition) is 5. The average Bonchev–Trinajstić information content (AvgIpc) is 3.19. The zero-order chi connectivity index (χ0) is 16.7. The number of hydrogen-bond donors (Lipinski definition) is 4. The van der Waals surface area contributed by atoms with Gasteiger partial charge in [-0.15, -0.1) is 12.4 Å². The fourth-order valence-electron chi connectivity index (χ4n) is 3.09. The number of nitrogens with one attached hydrogen (secondary N) is 3. The summed E-state index contributed by atoms with van der Waals surface area (Å²) in [5.74, 6) is -0.342. The summed E-state index contributed by atoms with van der Waals surface area (Å²) in [6, 6.07) is 7.09. The molecule has 1 aromatic carbocycles. The fourth-order valence-corrected chi connectivity index (χ4v) is 3.09. The van der Waals surface area contributed by atoms with Crippen LogP contribution in [0, 0.1) is 5.92 Å². The number of para-hydroxylation sites is 1. The van der Waals surface area contributed by atoms with Crippen LogP contribution in [0.3, 0.4) is 0 Å². The highest BCUT2D eigenvalue weighted by molar-refractivity contribution is 6.00. The van der Waals surface area contributed by atoms with Crippen LogP contribution >= 0.6 is 12.4 Å². The number of aliphatic hydroxyl groups is 1. The Bertz CT molecular complexity index is 983. The molecular weight excluding hydrogens is 346 g/mol. The number of aromatic nitrogens is 3. The van der Waals surface area contributed by atoms with Gasteiger partial charge in [-0.2, -0.15) is 5.10 Å². The van der Waals surface area contributed by atoms with Gasteiger partial charge in [0.25, 0.3) is 11.5 Å². The molecule has 8 nitrogen and oxygen atoms in total. The van der Waals surface area contributed by atoms with Gasteiger partial charge >= 0.3 is 0 Å². The number of amides is 1. The third-order valence-corrected chi connectivity index (χ3v) is 4.45. The number of fused-ring (bicyclic) bond motifs is 3. The molecule has 1 fully saturated rings. The molecule has 1 aliphatic heterocycles. The van der Waals surface area contributed by atoms with E-state index in [-0.39, 0.29) is 29.8 Å². The molecule has 25 heavy (non-hydrogen) atoms. The molecule has 4 N–H and O–H groups in total. The topological polar surface area (TPSA) is 112 Å². The Morgan fingerprint density at radius 2 is 2.16 bits per heavy atom. The van der Waals surface area contributed by atoms with Crippen LogP contribution in [0.5, 0.6) is 0 Å². The van der Waals surface area contributed by atoms with Gasteiger partial charge < -0.3 is 20.7 Å². The maximum Gasteiger partial charge on any atom is 0.259 e. The number of carbonyl (C=O) groups is 1. The van der Waals surface area contributed by atoms with Gasteiger partial charge in [-0.1, -0.05) is 12.1 Å². The van der Waals surface area contributed by atoms with Crippen molar-refractivity contribution in [3.63, 3.8) is 0 Å². The average molecular weight is 364 g/mol. The number of carbonyl (C=O) groups excluding carboxylic acids is 1. The predicted molar refractivity (Wildman–Crippen MR) is 95.3 cm³/mol. The van der Waals surface area contributed by atoms with Crippen LogP contribution in [0.2, 0.25) is 0 Å². The number of halogens is 1. The minimum absolute atomic E-state index is 0. The summed E-state index contributed by atoms with van der Waals surface area (Å²) in [6.45, 7) is 1.57. The minimum atomic E-state index is -0.460. The first-order valence-corrected chi connectivity index (χ1v) is 7.81. The van der Waals surface area contributed by atoms with Crippen molar-refractivity contribution in [1.29, 1.82) is 0 Å². The molecule has 0 spiro atoms. The zero-order valence-corrected chi connectivity index (χ0v) is 14.0. The number of aromatic amines is 1. The summed E-state index contributed by atoms with van der Waals surface area (Å²) >= 11 is 0. The first kappa shape index (κ1) is 17.4. The molecule has 3 heterocycles. The van der Waals surface area contributed by atoms with Crippen molar-refractivity contribution in [2.24, 2.45) is 5.92 Å². The van der Waals surface area contributed by atoms with E-state index in [1.54, 1.807) is 22.7 Å². The van der Waals surface area contributed by atoms with E-state index < -0.39 is 6.10 Å². The minimum Gasteiger partial charge on any atom is -0.391 e. The Kier molecular flexibility index (Phi) is 4.76. The predicted octanol–water partition coefficient (Wildman–Crippen LogP) is -0.0923. The van der Waals surface area contributed by atoms with Crippen molar-refractivity contribution >= 4 is 34.9 Å². The normalized spacial score (nSPS) is 19.9. The Hall–Kier alpha value is -2.42. The highest BCUT2D eigenvalue weighted by Crippen LogP contribution is 2.14. The van der Waals surface area contributed by atoms with Gasteiger partial charge in [0.05, 0.1) is 23.2 Å². The second-order valence-electron chi connectivity index (χ2n) is 5.99. The standard InChI is InChI=1S/C16H17N5O3.ClH/c22-13-8-17-5-9(13)6-18-15(23)11-7-19-21-12-4-2-1-3-10(12)16(24)20-14(11)21;/h1-4,7,9,13,17,22H,5-6,8H2,(H,18,23)(H,20,24);1H. The molecule has 1 saturated heterocycles. The number of aliphatic hydroxyl groups excluding tert-OH is 1. The molecule has 132 valence electrons. The molecule has 0 aliphatic carbocycles. The summed E-state index contributed by atoms with van der Waals surface area (Å²) in [5.41, 5.74) is 1.05. The van der Waals surface area contributed by atoms with Crippen molar-refractivity contribution in [2.45, 2.75) is 6.10 Å². The van der Waals surface area contributed by atoms with Gasteiger partial charge in [-0.3, -0.25) is 9.59 Å². The summed E-state index contributed by atoms with van der Waals surface area (Å²) in [4.78, 5) is 27.4. The van der Waals surface area contributed by atoms with E-state index in [1.165, 1.54) is 6.20 Å². The molecule has 0 radical (unpaired) electrons. The van der Waals surface area contributed by atoms with Crippen molar-refractivity contribution in [2.75, 3.05) is 19.6 Å². The third-order valence-electron chi connectivity index (χ3n) is 4.45. The largest absolute Gasteiger partial charge is 0.391 e.